The Morgan fingerprint density at radius 2 is 1.79 bits per heavy atom. The van der Waals surface area contributed by atoms with Crippen LogP contribution in [-0.4, -0.2) is 51.5 Å². The van der Waals surface area contributed by atoms with Crippen LogP contribution in [0.3, 0.4) is 0 Å². The van der Waals surface area contributed by atoms with Crippen molar-refractivity contribution in [2.75, 3.05) is 19.6 Å². The molecule has 0 radical (unpaired) electrons. The van der Waals surface area contributed by atoms with Gasteiger partial charge in [-0.1, -0.05) is 25.6 Å². The third-order valence-electron chi connectivity index (χ3n) is 4.82. The van der Waals surface area contributed by atoms with Gasteiger partial charge in [0.2, 0.25) is 0 Å². The summed E-state index contributed by atoms with van der Waals surface area (Å²) in [6, 6.07) is 8.72. The van der Waals surface area contributed by atoms with E-state index in [0.717, 1.165) is 31.8 Å². The predicted molar refractivity (Wildman–Crippen MR) is 105 cm³/mol. The summed E-state index contributed by atoms with van der Waals surface area (Å²) in [5.74, 6) is 1.65. The third kappa shape index (κ3) is 6.23. The average molecular weight is 350 g/mol. The minimum Gasteiger partial charge on any atom is -0.492 e. The van der Waals surface area contributed by atoms with Crippen LogP contribution in [0, 0.1) is 5.92 Å². The molecule has 3 unspecified atom stereocenters. The molecule has 0 spiro atoms. The van der Waals surface area contributed by atoms with Crippen molar-refractivity contribution >= 4 is 9.52 Å². The summed E-state index contributed by atoms with van der Waals surface area (Å²) in [5, 5.41) is 0.0402. The van der Waals surface area contributed by atoms with Gasteiger partial charge in [0.25, 0.3) is 0 Å². The van der Waals surface area contributed by atoms with Crippen molar-refractivity contribution in [3.8, 4) is 5.75 Å². The Morgan fingerprint density at radius 3 is 2.33 bits per heavy atom. The molecule has 2 rings (SSSR count). The highest BCUT2D eigenvalue weighted by Gasteiger charge is 2.23. The minimum absolute atomic E-state index is 0.0402. The van der Waals surface area contributed by atoms with Crippen LogP contribution in [0.1, 0.15) is 40.2 Å². The molecule has 1 aromatic carbocycles. The van der Waals surface area contributed by atoms with E-state index in [1.165, 1.54) is 5.56 Å². The van der Waals surface area contributed by atoms with E-state index >= 15 is 0 Å². The van der Waals surface area contributed by atoms with Crippen molar-refractivity contribution in [2.45, 2.75) is 65.0 Å². The second kappa shape index (κ2) is 8.50. The lowest BCUT2D eigenvalue weighted by Crippen LogP contribution is -2.47. The van der Waals surface area contributed by atoms with Crippen LogP contribution in [0.5, 0.6) is 5.75 Å². The first-order chi connectivity index (χ1) is 11.3. The van der Waals surface area contributed by atoms with Crippen LogP contribution >= 0.6 is 0 Å². The first kappa shape index (κ1) is 19.5. The smallest absolute Gasteiger partial charge is 0.119 e. The second-order valence-corrected chi connectivity index (χ2v) is 10.6. The van der Waals surface area contributed by atoms with Crippen molar-refractivity contribution < 1.29 is 9.47 Å². The van der Waals surface area contributed by atoms with E-state index in [0.29, 0.717) is 18.1 Å². The molecule has 4 heteroatoms. The summed E-state index contributed by atoms with van der Waals surface area (Å²) < 4.78 is 11.9. The summed E-state index contributed by atoms with van der Waals surface area (Å²) in [7, 11) is -0.192. The molecular weight excluding hydrogens is 314 g/mol. The summed E-state index contributed by atoms with van der Waals surface area (Å²) in [6.07, 6.45) is 1.82. The molecule has 3 atom stereocenters. The molecule has 0 bridgehead atoms. The van der Waals surface area contributed by atoms with Crippen LogP contribution in [0.25, 0.3) is 0 Å². The molecular formula is C20H35NO2Si. The summed E-state index contributed by atoms with van der Waals surface area (Å²) in [4.78, 5) is 2.55. The van der Waals surface area contributed by atoms with E-state index in [1.54, 1.807) is 0 Å². The van der Waals surface area contributed by atoms with Gasteiger partial charge in [0.15, 0.2) is 0 Å². The molecule has 1 aliphatic heterocycles. The van der Waals surface area contributed by atoms with Crippen molar-refractivity contribution in [1.29, 1.82) is 0 Å². The van der Waals surface area contributed by atoms with Gasteiger partial charge in [-0.25, -0.2) is 0 Å². The molecule has 0 aromatic heterocycles. The Kier molecular flexibility index (Phi) is 6.90. The number of nitrogens with zero attached hydrogens (tertiary/aromatic N) is 1. The molecule has 1 aromatic rings. The van der Waals surface area contributed by atoms with Gasteiger partial charge >= 0.3 is 0 Å². The largest absolute Gasteiger partial charge is 0.492 e. The Morgan fingerprint density at radius 1 is 1.21 bits per heavy atom. The van der Waals surface area contributed by atoms with Gasteiger partial charge in [0.1, 0.15) is 5.75 Å². The fourth-order valence-electron chi connectivity index (χ4n) is 3.43. The van der Waals surface area contributed by atoms with Crippen molar-refractivity contribution in [3.05, 3.63) is 29.8 Å². The Hall–Kier alpha value is -0.843. The molecule has 1 saturated heterocycles. The lowest BCUT2D eigenvalue weighted by molar-refractivity contribution is -0.0708. The SMILES string of the molecule is C[SiH2]C(C)(C)Oc1ccc(CC(C)CN2CC(C)OC(C)C2)cc1. The highest BCUT2D eigenvalue weighted by atomic mass is 28.2. The topological polar surface area (TPSA) is 21.7 Å². The molecule has 136 valence electrons. The quantitative estimate of drug-likeness (QED) is 0.705. The van der Waals surface area contributed by atoms with Crippen LogP contribution in [0.4, 0.5) is 0 Å². The zero-order valence-corrected chi connectivity index (χ0v) is 17.8. The van der Waals surface area contributed by atoms with Crippen molar-refractivity contribution in [2.24, 2.45) is 5.92 Å². The fourth-order valence-corrected chi connectivity index (χ4v) is 3.74. The third-order valence-corrected chi connectivity index (χ3v) is 6.67. The standard InChI is InChI=1S/C20H35NO2Si/c1-15(12-21-13-16(2)22-17(3)14-21)11-18-7-9-19(10-8-18)23-20(4,5)24-6/h7-10,15-17H,11-14,24H2,1-6H3. The van der Waals surface area contributed by atoms with Gasteiger partial charge in [0, 0.05) is 19.6 Å². The van der Waals surface area contributed by atoms with E-state index in [1.807, 2.05) is 0 Å². The molecule has 3 nitrogen and oxygen atoms in total. The number of benzene rings is 1. The molecule has 0 saturated carbocycles. The van der Waals surface area contributed by atoms with E-state index in [4.69, 9.17) is 9.47 Å². The van der Waals surface area contributed by atoms with Crippen LogP contribution in [-0.2, 0) is 11.2 Å². The van der Waals surface area contributed by atoms with Gasteiger partial charge in [-0.2, -0.15) is 0 Å². The highest BCUT2D eigenvalue weighted by molar-refractivity contribution is 6.37. The first-order valence-corrected chi connectivity index (χ1v) is 11.6. The number of hydrogen-bond donors (Lipinski definition) is 0. The van der Waals surface area contributed by atoms with E-state index in [-0.39, 0.29) is 14.7 Å². The van der Waals surface area contributed by atoms with Gasteiger partial charge in [0.05, 0.1) is 27.0 Å². The van der Waals surface area contributed by atoms with E-state index in [2.05, 4.69) is 70.3 Å². The zero-order valence-electron chi connectivity index (χ0n) is 16.3. The Bertz CT molecular complexity index is 493. The molecule has 0 aliphatic carbocycles. The normalized spacial score (nSPS) is 24.4. The van der Waals surface area contributed by atoms with Crippen molar-refractivity contribution in [3.63, 3.8) is 0 Å². The van der Waals surface area contributed by atoms with E-state index < -0.39 is 0 Å². The van der Waals surface area contributed by atoms with Crippen LogP contribution in [0.15, 0.2) is 24.3 Å². The van der Waals surface area contributed by atoms with E-state index in [9.17, 15) is 0 Å². The maximum Gasteiger partial charge on any atom is 0.119 e. The Labute approximate surface area is 150 Å². The second-order valence-electron chi connectivity index (χ2n) is 8.14. The fraction of sp³-hybridized carbons (Fsp3) is 0.700. The molecule has 1 fully saturated rings. The van der Waals surface area contributed by atoms with Crippen LogP contribution < -0.4 is 4.74 Å². The molecule has 1 heterocycles. The maximum atomic E-state index is 6.10. The highest BCUT2D eigenvalue weighted by Crippen LogP contribution is 2.20. The number of rotatable bonds is 7. The number of hydrogen-bond acceptors (Lipinski definition) is 3. The predicted octanol–water partition coefficient (Wildman–Crippen LogP) is 3.31. The Balaban J connectivity index is 1.84. The molecule has 0 N–H and O–H groups in total. The van der Waals surface area contributed by atoms with Crippen molar-refractivity contribution in [1.82, 2.24) is 4.90 Å². The summed E-state index contributed by atoms with van der Waals surface area (Å²) in [5.41, 5.74) is 1.40. The number of ether oxygens (including phenoxy) is 2. The monoisotopic (exact) mass is 349 g/mol. The minimum atomic E-state index is -0.192. The lowest BCUT2D eigenvalue weighted by Gasteiger charge is -2.36. The number of morpholine rings is 1. The average Bonchev–Trinajstić information content (AvgIpc) is 2.48. The van der Waals surface area contributed by atoms with Gasteiger partial charge in [-0.05, 0) is 57.7 Å². The van der Waals surface area contributed by atoms with Crippen LogP contribution in [0.2, 0.25) is 6.55 Å². The lowest BCUT2D eigenvalue weighted by atomic mass is 10.00. The zero-order chi connectivity index (χ0) is 17.7. The molecule has 24 heavy (non-hydrogen) atoms. The summed E-state index contributed by atoms with van der Waals surface area (Å²) in [6.45, 7) is 16.6. The molecule has 0 amide bonds. The van der Waals surface area contributed by atoms with Gasteiger partial charge in [-0.3, -0.25) is 4.90 Å². The molecule has 1 aliphatic rings. The maximum absolute atomic E-state index is 6.10. The summed E-state index contributed by atoms with van der Waals surface area (Å²) >= 11 is 0. The van der Waals surface area contributed by atoms with Gasteiger partial charge in [-0.15, -0.1) is 0 Å². The first-order valence-electron chi connectivity index (χ1n) is 9.43. The van der Waals surface area contributed by atoms with Gasteiger partial charge < -0.3 is 9.47 Å².